The van der Waals surface area contributed by atoms with Crippen LogP contribution in [0.5, 0.6) is 0 Å². The minimum Gasteiger partial charge on any atom is -0.362 e. The zero-order valence-corrected chi connectivity index (χ0v) is 14.2. The van der Waals surface area contributed by atoms with E-state index in [1.807, 2.05) is 25.7 Å². The lowest BCUT2D eigenvalue weighted by atomic mass is 10.0. The number of nitrogens with zero attached hydrogens (tertiary/aromatic N) is 4. The molecule has 0 spiro atoms. The number of aromatic nitrogens is 2. The molecular weight excluding hydrogens is 298 g/mol. The molecule has 23 heavy (non-hydrogen) atoms. The Morgan fingerprint density at radius 2 is 2.04 bits per heavy atom. The summed E-state index contributed by atoms with van der Waals surface area (Å²) in [6.07, 6.45) is 2.08. The Morgan fingerprint density at radius 1 is 1.43 bits per heavy atom. The molecule has 0 atom stereocenters. The molecule has 0 saturated carbocycles. The topological polar surface area (TPSA) is 93.3 Å². The van der Waals surface area contributed by atoms with Crippen LogP contribution in [0.2, 0.25) is 0 Å². The van der Waals surface area contributed by atoms with Gasteiger partial charge < -0.3 is 10.2 Å². The van der Waals surface area contributed by atoms with Gasteiger partial charge in [-0.25, -0.2) is 4.68 Å². The summed E-state index contributed by atoms with van der Waals surface area (Å²) in [6, 6.07) is 0.116. The van der Waals surface area contributed by atoms with E-state index in [2.05, 4.69) is 10.4 Å². The van der Waals surface area contributed by atoms with Crippen LogP contribution in [0.25, 0.3) is 0 Å². The first-order chi connectivity index (χ1) is 10.8. The van der Waals surface area contributed by atoms with E-state index < -0.39 is 0 Å². The summed E-state index contributed by atoms with van der Waals surface area (Å²) >= 11 is 0. The molecule has 1 amide bonds. The Labute approximate surface area is 136 Å². The zero-order valence-electron chi connectivity index (χ0n) is 14.2. The van der Waals surface area contributed by atoms with Gasteiger partial charge in [0.1, 0.15) is 5.69 Å². The molecule has 2 rings (SSSR count). The maximum absolute atomic E-state index is 12.0. The average molecular weight is 323 g/mol. The van der Waals surface area contributed by atoms with Gasteiger partial charge in [0.2, 0.25) is 11.7 Å². The minimum absolute atomic E-state index is 0.00443. The van der Waals surface area contributed by atoms with Crippen LogP contribution < -0.4 is 5.32 Å². The predicted molar refractivity (Wildman–Crippen MR) is 87.3 cm³/mol. The fourth-order valence-corrected chi connectivity index (χ4v) is 2.96. The third-order valence-corrected chi connectivity index (χ3v) is 4.25. The van der Waals surface area contributed by atoms with Crippen LogP contribution in [0.15, 0.2) is 0 Å². The molecular formula is C15H25N5O3. The number of rotatable bonds is 5. The monoisotopic (exact) mass is 323 g/mol. The fraction of sp³-hybridized carbons (Fsp3) is 0.733. The zero-order chi connectivity index (χ0) is 17.1. The van der Waals surface area contributed by atoms with Crippen LogP contribution in [0.3, 0.4) is 0 Å². The number of hydrogen-bond donors (Lipinski definition) is 1. The summed E-state index contributed by atoms with van der Waals surface area (Å²) in [6.45, 7) is 7.02. The van der Waals surface area contributed by atoms with Gasteiger partial charge in [0.25, 0.3) is 0 Å². The van der Waals surface area contributed by atoms with Crippen molar-refractivity contribution in [1.29, 1.82) is 0 Å². The van der Waals surface area contributed by atoms with Crippen LogP contribution in [0, 0.1) is 16.0 Å². The van der Waals surface area contributed by atoms with E-state index in [1.165, 1.54) is 0 Å². The average Bonchev–Trinajstić information content (AvgIpc) is 2.83. The highest BCUT2D eigenvalue weighted by atomic mass is 16.6. The molecule has 1 aromatic heterocycles. The summed E-state index contributed by atoms with van der Waals surface area (Å²) < 4.78 is 1.54. The van der Waals surface area contributed by atoms with Crippen molar-refractivity contribution in [3.05, 3.63) is 15.8 Å². The fourth-order valence-electron chi connectivity index (χ4n) is 2.96. The van der Waals surface area contributed by atoms with Gasteiger partial charge in [-0.2, -0.15) is 5.10 Å². The lowest BCUT2D eigenvalue weighted by Gasteiger charge is -2.33. The first-order valence-corrected chi connectivity index (χ1v) is 8.10. The first kappa shape index (κ1) is 17.2. The van der Waals surface area contributed by atoms with Crippen LogP contribution in [-0.4, -0.2) is 44.6 Å². The van der Waals surface area contributed by atoms with Gasteiger partial charge >= 0.3 is 5.69 Å². The smallest absolute Gasteiger partial charge is 0.333 e. The highest BCUT2D eigenvalue weighted by Crippen LogP contribution is 2.30. The number of carbonyl (C=O) groups is 1. The van der Waals surface area contributed by atoms with Gasteiger partial charge in [-0.15, -0.1) is 0 Å². The molecule has 1 aliphatic heterocycles. The highest BCUT2D eigenvalue weighted by molar-refractivity contribution is 5.78. The molecule has 8 heteroatoms. The third kappa shape index (κ3) is 3.62. The van der Waals surface area contributed by atoms with Crippen molar-refractivity contribution in [2.24, 2.45) is 13.0 Å². The molecule has 0 aromatic carbocycles. The number of nitro groups is 1. The number of carbonyl (C=O) groups excluding carboxylic acids is 1. The van der Waals surface area contributed by atoms with Gasteiger partial charge in [-0.1, -0.05) is 20.8 Å². The quantitative estimate of drug-likeness (QED) is 0.660. The Kier molecular flexibility index (Phi) is 5.23. The van der Waals surface area contributed by atoms with Crippen molar-refractivity contribution in [3.63, 3.8) is 0 Å². The highest BCUT2D eigenvalue weighted by Gasteiger charge is 2.29. The number of piperidine rings is 1. The molecule has 1 N–H and O–H groups in total. The van der Waals surface area contributed by atoms with Crippen LogP contribution >= 0.6 is 0 Å². The van der Waals surface area contributed by atoms with Crippen molar-refractivity contribution in [2.75, 3.05) is 18.4 Å². The standard InChI is InChI=1S/C15H25N5O3/c1-5-12-13(20(22)23)14(18(4)17-12)16-11-6-8-19(9-7-11)15(21)10(2)3/h10-11,16H,5-9H2,1-4H3. The third-order valence-electron chi connectivity index (χ3n) is 4.25. The van der Waals surface area contributed by atoms with E-state index in [0.29, 0.717) is 31.0 Å². The van der Waals surface area contributed by atoms with E-state index in [0.717, 1.165) is 12.8 Å². The number of nitrogens with one attached hydrogen (secondary N) is 1. The second-order valence-electron chi connectivity index (χ2n) is 6.28. The molecule has 2 heterocycles. The molecule has 1 aliphatic rings. The Bertz CT molecular complexity index is 588. The Balaban J connectivity index is 2.06. The molecule has 1 aromatic rings. The van der Waals surface area contributed by atoms with E-state index >= 15 is 0 Å². The van der Waals surface area contributed by atoms with Crippen LogP contribution in [0.4, 0.5) is 11.5 Å². The van der Waals surface area contributed by atoms with Crippen LogP contribution in [0.1, 0.15) is 39.3 Å². The Hall–Kier alpha value is -2.12. The molecule has 0 aliphatic carbocycles. The number of aryl methyl sites for hydroxylation is 2. The first-order valence-electron chi connectivity index (χ1n) is 8.10. The van der Waals surface area contributed by atoms with Gasteiger partial charge in [-0.05, 0) is 19.3 Å². The van der Waals surface area contributed by atoms with Crippen molar-refractivity contribution >= 4 is 17.4 Å². The van der Waals surface area contributed by atoms with Crippen molar-refractivity contribution in [2.45, 2.75) is 46.1 Å². The van der Waals surface area contributed by atoms with E-state index in [4.69, 9.17) is 0 Å². The molecule has 1 saturated heterocycles. The summed E-state index contributed by atoms with van der Waals surface area (Å²) in [5.74, 6) is 0.633. The molecule has 8 nitrogen and oxygen atoms in total. The summed E-state index contributed by atoms with van der Waals surface area (Å²) in [5.41, 5.74) is 0.558. The molecule has 0 bridgehead atoms. The minimum atomic E-state index is -0.369. The lowest BCUT2D eigenvalue weighted by Crippen LogP contribution is -2.44. The summed E-state index contributed by atoms with van der Waals surface area (Å²) in [7, 11) is 1.71. The second-order valence-corrected chi connectivity index (χ2v) is 6.28. The Morgan fingerprint density at radius 3 is 2.52 bits per heavy atom. The molecule has 0 radical (unpaired) electrons. The number of anilines is 1. The molecule has 128 valence electrons. The van der Waals surface area contributed by atoms with Crippen LogP contribution in [-0.2, 0) is 18.3 Å². The molecule has 0 unspecified atom stereocenters. The largest absolute Gasteiger partial charge is 0.362 e. The van der Waals surface area contributed by atoms with Gasteiger partial charge in [-0.3, -0.25) is 14.9 Å². The summed E-state index contributed by atoms with van der Waals surface area (Å²) in [4.78, 5) is 24.8. The summed E-state index contributed by atoms with van der Waals surface area (Å²) in [5, 5.41) is 18.8. The van der Waals surface area contributed by atoms with Gasteiger partial charge in [0.15, 0.2) is 0 Å². The molecule has 1 fully saturated rings. The lowest BCUT2D eigenvalue weighted by molar-refractivity contribution is -0.384. The van der Waals surface area contributed by atoms with Gasteiger partial charge in [0, 0.05) is 32.1 Å². The van der Waals surface area contributed by atoms with Crippen molar-refractivity contribution < 1.29 is 9.72 Å². The second kappa shape index (κ2) is 6.97. The normalized spacial score (nSPS) is 16.0. The van der Waals surface area contributed by atoms with E-state index in [9.17, 15) is 14.9 Å². The number of likely N-dealkylation sites (tertiary alicyclic amines) is 1. The predicted octanol–water partition coefficient (Wildman–Crippen LogP) is 1.95. The number of amides is 1. The van der Waals surface area contributed by atoms with E-state index in [-0.39, 0.29) is 28.5 Å². The van der Waals surface area contributed by atoms with Crippen molar-refractivity contribution in [1.82, 2.24) is 14.7 Å². The van der Waals surface area contributed by atoms with E-state index in [1.54, 1.807) is 11.7 Å². The van der Waals surface area contributed by atoms with Crippen molar-refractivity contribution in [3.8, 4) is 0 Å². The SMILES string of the molecule is CCc1nn(C)c(NC2CCN(C(=O)C(C)C)CC2)c1[N+](=O)[O-]. The maximum atomic E-state index is 12.0. The van der Waals surface area contributed by atoms with Gasteiger partial charge in [0.05, 0.1) is 4.92 Å². The maximum Gasteiger partial charge on any atom is 0.333 e. The number of hydrogen-bond acceptors (Lipinski definition) is 5.